The maximum absolute atomic E-state index is 13.3. The fraction of sp³-hybridized carbons (Fsp3) is 0.321. The van der Waals surface area contributed by atoms with Gasteiger partial charge >= 0.3 is 0 Å². The molecule has 1 atom stereocenters. The van der Waals surface area contributed by atoms with E-state index in [1.165, 1.54) is 0 Å². The molecule has 2 aliphatic rings. The van der Waals surface area contributed by atoms with Crippen molar-refractivity contribution in [3.8, 4) is 17.6 Å². The highest BCUT2D eigenvalue weighted by Gasteiger charge is 2.43. The van der Waals surface area contributed by atoms with Gasteiger partial charge in [0.25, 0.3) is 5.91 Å². The fourth-order valence-electron chi connectivity index (χ4n) is 4.63. The fourth-order valence-corrected chi connectivity index (χ4v) is 5.21. The highest BCUT2D eigenvalue weighted by molar-refractivity contribution is 9.10. The molecule has 2 aromatic rings. The van der Waals surface area contributed by atoms with Gasteiger partial charge in [-0.2, -0.15) is 5.26 Å². The van der Waals surface area contributed by atoms with Gasteiger partial charge in [-0.05, 0) is 58.1 Å². The molecule has 1 heterocycles. The van der Waals surface area contributed by atoms with Crippen LogP contribution in [0.1, 0.15) is 45.1 Å². The Kier molecular flexibility index (Phi) is 7.60. The predicted octanol–water partition coefficient (Wildman–Crippen LogP) is 5.32. The summed E-state index contributed by atoms with van der Waals surface area (Å²) in [5, 5.41) is 12.7. The standard InChI is InChI=1S/C28H28BrN3O5/c1-4-35-21-11-16(10-19(29)26(21)36-15-23(34)32-17-8-6-5-7-9-17)24-18(14-30)27(31)37-22-13-28(2,3)12-20(33)25(22)24/h5-11,24H,4,12-13,15,31H2,1-3H3,(H,32,34). The molecule has 0 fully saturated rings. The van der Waals surface area contributed by atoms with E-state index < -0.39 is 5.92 Å². The Morgan fingerprint density at radius 2 is 1.97 bits per heavy atom. The molecular weight excluding hydrogens is 538 g/mol. The summed E-state index contributed by atoms with van der Waals surface area (Å²) >= 11 is 3.53. The van der Waals surface area contributed by atoms with E-state index in [-0.39, 0.29) is 35.2 Å². The number of para-hydroxylation sites is 1. The van der Waals surface area contributed by atoms with Gasteiger partial charge < -0.3 is 25.3 Å². The zero-order valence-electron chi connectivity index (χ0n) is 20.9. The van der Waals surface area contributed by atoms with E-state index in [1.54, 1.807) is 24.3 Å². The van der Waals surface area contributed by atoms with Gasteiger partial charge in [0, 0.05) is 24.1 Å². The third-order valence-corrected chi connectivity index (χ3v) is 6.73. The molecule has 0 spiro atoms. The first-order valence-electron chi connectivity index (χ1n) is 11.9. The van der Waals surface area contributed by atoms with Crippen molar-refractivity contribution in [3.05, 3.63) is 75.3 Å². The number of nitrogens with one attached hydrogen (secondary N) is 1. The Hall–Kier alpha value is -3.77. The number of ether oxygens (including phenoxy) is 3. The molecule has 0 bridgehead atoms. The van der Waals surface area contributed by atoms with Crippen LogP contribution >= 0.6 is 15.9 Å². The zero-order chi connectivity index (χ0) is 26.7. The number of nitrogens with two attached hydrogens (primary N) is 1. The number of nitriles is 1. The summed E-state index contributed by atoms with van der Waals surface area (Å²) in [7, 11) is 0. The van der Waals surface area contributed by atoms with Crippen molar-refractivity contribution in [3.63, 3.8) is 0 Å². The molecule has 8 nitrogen and oxygen atoms in total. The SMILES string of the molecule is CCOc1cc(C2C(C#N)=C(N)OC3=C2C(=O)CC(C)(C)C3)cc(Br)c1OCC(=O)Nc1ccccc1. The van der Waals surface area contributed by atoms with Gasteiger partial charge in [-0.25, -0.2) is 0 Å². The van der Waals surface area contributed by atoms with Crippen LogP contribution in [0.15, 0.2) is 69.7 Å². The number of allylic oxidation sites excluding steroid dienone is 3. The van der Waals surface area contributed by atoms with Crippen LogP contribution in [0.3, 0.4) is 0 Å². The normalized spacial score (nSPS) is 18.5. The minimum absolute atomic E-state index is 0.0104. The average molecular weight is 566 g/mol. The van der Waals surface area contributed by atoms with Crippen LogP contribution in [0.25, 0.3) is 0 Å². The molecule has 2 aromatic carbocycles. The predicted molar refractivity (Wildman–Crippen MR) is 142 cm³/mol. The molecule has 1 unspecified atom stereocenters. The first kappa shape index (κ1) is 26.3. The smallest absolute Gasteiger partial charge is 0.262 e. The summed E-state index contributed by atoms with van der Waals surface area (Å²) in [6.45, 7) is 5.91. The number of halogens is 1. The molecule has 0 saturated heterocycles. The number of carbonyl (C=O) groups excluding carboxylic acids is 2. The van der Waals surface area contributed by atoms with Crippen LogP contribution in [-0.4, -0.2) is 24.9 Å². The molecule has 0 aromatic heterocycles. The molecule has 0 radical (unpaired) electrons. The van der Waals surface area contributed by atoms with E-state index in [0.717, 1.165) is 0 Å². The second-order valence-corrected chi connectivity index (χ2v) is 10.5. The van der Waals surface area contributed by atoms with Gasteiger partial charge in [-0.3, -0.25) is 9.59 Å². The molecule has 0 saturated carbocycles. The summed E-state index contributed by atoms with van der Waals surface area (Å²) in [5.41, 5.74) is 7.76. The summed E-state index contributed by atoms with van der Waals surface area (Å²) in [6, 6.07) is 14.7. The van der Waals surface area contributed by atoms with Gasteiger partial charge in [0.05, 0.1) is 17.0 Å². The van der Waals surface area contributed by atoms with Gasteiger partial charge in [0.15, 0.2) is 23.9 Å². The molecule has 1 aliphatic carbocycles. The molecular formula is C28H28BrN3O5. The topological polar surface area (TPSA) is 124 Å². The van der Waals surface area contributed by atoms with Crippen LogP contribution in [0.2, 0.25) is 0 Å². The first-order chi connectivity index (χ1) is 17.6. The van der Waals surface area contributed by atoms with Crippen LogP contribution in [0, 0.1) is 16.7 Å². The van der Waals surface area contributed by atoms with Crippen LogP contribution in [0.5, 0.6) is 11.5 Å². The Morgan fingerprint density at radius 1 is 1.24 bits per heavy atom. The van der Waals surface area contributed by atoms with Gasteiger partial charge in [0.1, 0.15) is 17.4 Å². The molecule has 4 rings (SSSR count). The Bertz CT molecular complexity index is 1340. The van der Waals surface area contributed by atoms with E-state index in [4.69, 9.17) is 19.9 Å². The number of carbonyl (C=O) groups is 2. The van der Waals surface area contributed by atoms with Gasteiger partial charge in [0.2, 0.25) is 5.88 Å². The minimum atomic E-state index is -0.705. The maximum atomic E-state index is 13.3. The highest BCUT2D eigenvalue weighted by Crippen LogP contribution is 2.50. The van der Waals surface area contributed by atoms with Crippen molar-refractivity contribution in [1.82, 2.24) is 0 Å². The largest absolute Gasteiger partial charge is 0.490 e. The number of hydrogen-bond acceptors (Lipinski definition) is 7. The van der Waals surface area contributed by atoms with E-state index in [2.05, 4.69) is 27.3 Å². The number of hydrogen-bond donors (Lipinski definition) is 2. The van der Waals surface area contributed by atoms with Crippen LogP contribution in [0.4, 0.5) is 5.69 Å². The number of amides is 1. The summed E-state index contributed by atoms with van der Waals surface area (Å²) in [6.07, 6.45) is 0.864. The van der Waals surface area contributed by atoms with Crippen molar-refractivity contribution in [1.29, 1.82) is 5.26 Å². The molecule has 1 amide bonds. The van der Waals surface area contributed by atoms with Crippen LogP contribution in [-0.2, 0) is 14.3 Å². The minimum Gasteiger partial charge on any atom is -0.490 e. The lowest BCUT2D eigenvalue weighted by molar-refractivity contribution is -0.119. The monoisotopic (exact) mass is 565 g/mol. The third kappa shape index (κ3) is 5.65. The number of benzene rings is 2. The third-order valence-electron chi connectivity index (χ3n) is 6.15. The number of ketones is 1. The van der Waals surface area contributed by atoms with Gasteiger partial charge in [-0.1, -0.05) is 32.0 Å². The van der Waals surface area contributed by atoms with Gasteiger partial charge in [-0.15, -0.1) is 0 Å². The van der Waals surface area contributed by atoms with Crippen LogP contribution < -0.4 is 20.5 Å². The highest BCUT2D eigenvalue weighted by atomic mass is 79.9. The molecule has 9 heteroatoms. The lowest BCUT2D eigenvalue weighted by atomic mass is 9.70. The molecule has 192 valence electrons. The summed E-state index contributed by atoms with van der Waals surface area (Å²) < 4.78 is 18.0. The molecule has 37 heavy (non-hydrogen) atoms. The van der Waals surface area contributed by atoms with Crippen molar-refractivity contribution >= 4 is 33.3 Å². The Balaban J connectivity index is 1.68. The average Bonchev–Trinajstić information content (AvgIpc) is 2.82. The number of Topliss-reactive ketones (excluding diaryl/α,β-unsaturated/α-hetero) is 1. The first-order valence-corrected chi connectivity index (χ1v) is 12.7. The molecule has 3 N–H and O–H groups in total. The lowest BCUT2D eigenvalue weighted by Crippen LogP contribution is -2.33. The maximum Gasteiger partial charge on any atom is 0.262 e. The lowest BCUT2D eigenvalue weighted by Gasteiger charge is -2.37. The number of rotatable bonds is 7. The van der Waals surface area contributed by atoms with E-state index in [1.807, 2.05) is 39.0 Å². The van der Waals surface area contributed by atoms with E-state index in [0.29, 0.717) is 58.0 Å². The van der Waals surface area contributed by atoms with Crippen molar-refractivity contribution < 1.29 is 23.8 Å². The summed E-state index contributed by atoms with van der Waals surface area (Å²) in [5.74, 6) is 0.0705. The van der Waals surface area contributed by atoms with Crippen molar-refractivity contribution in [2.45, 2.75) is 39.5 Å². The van der Waals surface area contributed by atoms with E-state index >= 15 is 0 Å². The number of anilines is 1. The summed E-state index contributed by atoms with van der Waals surface area (Å²) in [4.78, 5) is 25.7. The van der Waals surface area contributed by atoms with Crippen molar-refractivity contribution in [2.24, 2.45) is 11.1 Å². The Morgan fingerprint density at radius 3 is 2.65 bits per heavy atom. The molecule has 1 aliphatic heterocycles. The number of nitrogens with zero attached hydrogens (tertiary/aromatic N) is 1. The Labute approximate surface area is 224 Å². The quantitative estimate of drug-likeness (QED) is 0.465. The second-order valence-electron chi connectivity index (χ2n) is 9.67. The second kappa shape index (κ2) is 10.7. The zero-order valence-corrected chi connectivity index (χ0v) is 22.5. The van der Waals surface area contributed by atoms with Crippen molar-refractivity contribution in [2.75, 3.05) is 18.5 Å². The van der Waals surface area contributed by atoms with E-state index in [9.17, 15) is 14.9 Å².